The Bertz CT molecular complexity index is 1790. The van der Waals surface area contributed by atoms with Gasteiger partial charge in [-0.15, -0.1) is 0 Å². The molecule has 1 unspecified atom stereocenters. The lowest BCUT2D eigenvalue weighted by molar-refractivity contribution is -0.146. The van der Waals surface area contributed by atoms with Gasteiger partial charge in [-0.2, -0.15) is 36.5 Å². The molecule has 0 aliphatic carbocycles. The zero-order chi connectivity index (χ0) is 33.1. The Labute approximate surface area is 257 Å². The molecule has 0 N–H and O–H groups in total. The van der Waals surface area contributed by atoms with Crippen molar-refractivity contribution in [2.45, 2.75) is 51.0 Å². The number of alkyl halides is 6. The van der Waals surface area contributed by atoms with Crippen LogP contribution in [0.3, 0.4) is 0 Å². The van der Waals surface area contributed by atoms with E-state index < -0.39 is 46.9 Å². The molecule has 1 aromatic heterocycles. The molecule has 0 saturated carbocycles. The van der Waals surface area contributed by atoms with Gasteiger partial charge >= 0.3 is 18.3 Å². The minimum Gasteiger partial charge on any atom is -0.464 e. The minimum atomic E-state index is -5.12. The van der Waals surface area contributed by atoms with Crippen LogP contribution in [0.1, 0.15) is 55.5 Å². The maximum absolute atomic E-state index is 14.4. The highest BCUT2D eigenvalue weighted by molar-refractivity contribution is 5.78. The molecular weight excluding hydrogens is 621 g/mol. The number of hydrogen-bond acceptors (Lipinski definition) is 7. The fraction of sp³-hybridized carbons (Fsp3) is 0.290. The van der Waals surface area contributed by atoms with Gasteiger partial charge in [0.15, 0.2) is 17.7 Å². The molecule has 15 heteroatoms. The molecule has 0 spiro atoms. The summed E-state index contributed by atoms with van der Waals surface area (Å²) >= 11 is 0. The first kappa shape index (κ1) is 32.4. The number of hydrogen-bond donors (Lipinski definition) is 0. The number of esters is 1. The van der Waals surface area contributed by atoms with Crippen molar-refractivity contribution in [2.24, 2.45) is 0 Å². The van der Waals surface area contributed by atoms with Crippen molar-refractivity contribution in [1.29, 1.82) is 0 Å². The Hall–Kier alpha value is -4.95. The van der Waals surface area contributed by atoms with Gasteiger partial charge in [0.1, 0.15) is 11.5 Å². The van der Waals surface area contributed by atoms with Gasteiger partial charge in [-0.05, 0) is 42.8 Å². The lowest BCUT2D eigenvalue weighted by Crippen LogP contribution is -2.25. The van der Waals surface area contributed by atoms with Gasteiger partial charge in [-0.3, -0.25) is 0 Å². The number of fused-ring (bicyclic) bond motifs is 1. The fourth-order valence-electron chi connectivity index (χ4n) is 4.71. The molecule has 2 aliphatic heterocycles. The van der Waals surface area contributed by atoms with E-state index in [-0.39, 0.29) is 47.0 Å². The summed E-state index contributed by atoms with van der Waals surface area (Å²) in [6.45, 7) is 2.11. The SMILES string of the molecule is CCCCCCOC(=O)C(c1ccc(-c2ccc(C(F)(F)F)cc2C(F)(F)F)nn1)n1cnc2nc(-c3ccccc3F)nc-2c1. The van der Waals surface area contributed by atoms with Crippen LogP contribution < -0.4 is 0 Å². The molecule has 5 rings (SSSR count). The molecule has 3 aromatic rings. The second-order valence-corrected chi connectivity index (χ2v) is 10.3. The van der Waals surface area contributed by atoms with Crippen LogP contribution in [0.15, 0.2) is 67.1 Å². The van der Waals surface area contributed by atoms with E-state index in [2.05, 4.69) is 25.1 Å². The first-order valence-electron chi connectivity index (χ1n) is 14.1. The average molecular weight is 647 g/mol. The first-order chi connectivity index (χ1) is 21.9. The number of unbranched alkanes of at least 4 members (excludes halogenated alkanes) is 3. The molecule has 0 amide bonds. The smallest absolute Gasteiger partial charge is 0.417 e. The lowest BCUT2D eigenvalue weighted by Gasteiger charge is -2.19. The zero-order valence-electron chi connectivity index (χ0n) is 24.1. The molecule has 0 radical (unpaired) electrons. The van der Waals surface area contributed by atoms with Crippen LogP contribution in [0.2, 0.25) is 0 Å². The Morgan fingerprint density at radius 1 is 0.848 bits per heavy atom. The summed E-state index contributed by atoms with van der Waals surface area (Å²) in [5.41, 5.74) is -3.73. The maximum atomic E-state index is 14.4. The third-order valence-corrected chi connectivity index (χ3v) is 7.02. The van der Waals surface area contributed by atoms with Crippen LogP contribution in [-0.4, -0.2) is 42.3 Å². The Balaban J connectivity index is 1.52. The molecule has 8 nitrogen and oxygen atoms in total. The third kappa shape index (κ3) is 7.13. The topological polar surface area (TPSA) is 95.7 Å². The molecule has 2 aromatic carbocycles. The van der Waals surface area contributed by atoms with E-state index in [1.165, 1.54) is 41.4 Å². The van der Waals surface area contributed by atoms with Gasteiger partial charge in [0.25, 0.3) is 0 Å². The Morgan fingerprint density at radius 2 is 1.63 bits per heavy atom. The number of halogens is 7. The number of benzene rings is 2. The predicted molar refractivity (Wildman–Crippen MR) is 151 cm³/mol. The normalized spacial score (nSPS) is 12.8. The van der Waals surface area contributed by atoms with Gasteiger partial charge in [0.05, 0.1) is 41.0 Å². The van der Waals surface area contributed by atoms with Crippen LogP contribution in [0.25, 0.3) is 34.2 Å². The molecule has 2 aliphatic rings. The molecule has 1 atom stereocenters. The largest absolute Gasteiger partial charge is 0.464 e. The van der Waals surface area contributed by atoms with E-state index >= 15 is 0 Å². The highest BCUT2D eigenvalue weighted by Gasteiger charge is 2.39. The number of rotatable bonds is 10. The van der Waals surface area contributed by atoms with Crippen molar-refractivity contribution in [3.05, 3.63) is 89.8 Å². The summed E-state index contributed by atoms with van der Waals surface area (Å²) in [4.78, 5) is 26.2. The standard InChI is InChI=1S/C31H25F7N6O2/c1-2-3-4-7-14-46-29(45)26(44-16-25-28(39-17-44)41-27(40-25)20-8-5-6-9-22(20)32)24-13-12-23(42-43-24)19-11-10-18(30(33,34)35)15-21(19)31(36,37)38/h5-6,8-13,15-17,26H,2-4,7,14H2,1H3. The van der Waals surface area contributed by atoms with E-state index in [0.717, 1.165) is 25.3 Å². The van der Waals surface area contributed by atoms with Crippen molar-refractivity contribution in [3.8, 4) is 34.2 Å². The minimum absolute atomic E-state index is 0.0108. The lowest BCUT2D eigenvalue weighted by atomic mass is 10.00. The van der Waals surface area contributed by atoms with E-state index in [1.54, 1.807) is 6.07 Å². The number of aromatic nitrogens is 6. The summed E-state index contributed by atoms with van der Waals surface area (Å²) in [7, 11) is 0. The van der Waals surface area contributed by atoms with Crippen LogP contribution >= 0.6 is 0 Å². The zero-order valence-corrected chi connectivity index (χ0v) is 24.1. The summed E-state index contributed by atoms with van der Waals surface area (Å²) in [5, 5.41) is 7.81. The van der Waals surface area contributed by atoms with Crippen molar-refractivity contribution in [3.63, 3.8) is 0 Å². The van der Waals surface area contributed by atoms with Gasteiger partial charge in [-0.25, -0.2) is 24.1 Å². The number of carbonyl (C=O) groups excluding carboxylic acids is 1. The van der Waals surface area contributed by atoms with Crippen LogP contribution in [0.5, 0.6) is 0 Å². The maximum Gasteiger partial charge on any atom is 0.417 e. The highest BCUT2D eigenvalue weighted by Crippen LogP contribution is 2.40. The van der Waals surface area contributed by atoms with Crippen LogP contribution in [0, 0.1) is 5.82 Å². The van der Waals surface area contributed by atoms with E-state index in [4.69, 9.17) is 4.74 Å². The van der Waals surface area contributed by atoms with E-state index in [9.17, 15) is 35.5 Å². The van der Waals surface area contributed by atoms with Crippen molar-refractivity contribution >= 4 is 5.97 Å². The molecule has 0 saturated heterocycles. The molecule has 3 heterocycles. The molecule has 0 fully saturated rings. The molecule has 240 valence electrons. The van der Waals surface area contributed by atoms with E-state index in [1.807, 2.05) is 6.92 Å². The van der Waals surface area contributed by atoms with Gasteiger partial charge < -0.3 is 9.30 Å². The van der Waals surface area contributed by atoms with E-state index in [0.29, 0.717) is 18.6 Å². The van der Waals surface area contributed by atoms with Gasteiger partial charge in [0, 0.05) is 11.8 Å². The Morgan fingerprint density at radius 3 is 2.30 bits per heavy atom. The molecular formula is C31H25F7N6O2. The molecule has 0 bridgehead atoms. The van der Waals surface area contributed by atoms with Gasteiger partial charge in [-0.1, -0.05) is 44.4 Å². The summed E-state index contributed by atoms with van der Waals surface area (Å²) in [6, 6.07) is 8.09. The average Bonchev–Trinajstić information content (AvgIpc) is 3.44. The number of carbonyl (C=O) groups is 1. The Kier molecular flexibility index (Phi) is 9.30. The van der Waals surface area contributed by atoms with Crippen molar-refractivity contribution < 1.29 is 40.3 Å². The van der Waals surface area contributed by atoms with Crippen LogP contribution in [-0.2, 0) is 21.9 Å². The summed E-state index contributed by atoms with van der Waals surface area (Å²) < 4.78 is 102. The van der Waals surface area contributed by atoms with Crippen LogP contribution in [0.4, 0.5) is 30.7 Å². The monoisotopic (exact) mass is 646 g/mol. The number of nitrogens with zero attached hydrogens (tertiary/aromatic N) is 6. The van der Waals surface area contributed by atoms with Crippen molar-refractivity contribution in [1.82, 2.24) is 29.7 Å². The number of ether oxygens (including phenoxy) is 1. The number of imidazole rings is 1. The summed E-state index contributed by atoms with van der Waals surface area (Å²) in [5.74, 6) is -1.10. The second kappa shape index (κ2) is 13.2. The second-order valence-electron chi connectivity index (χ2n) is 10.3. The third-order valence-electron chi connectivity index (χ3n) is 7.02. The predicted octanol–water partition coefficient (Wildman–Crippen LogP) is 7.79. The van der Waals surface area contributed by atoms with Gasteiger partial charge in [0.2, 0.25) is 0 Å². The van der Waals surface area contributed by atoms with Crippen molar-refractivity contribution in [2.75, 3.05) is 6.61 Å². The quantitative estimate of drug-likeness (QED) is 0.0869. The first-order valence-corrected chi connectivity index (χ1v) is 14.1. The summed E-state index contributed by atoms with van der Waals surface area (Å²) in [6.07, 6.45) is -4.15. The highest BCUT2D eigenvalue weighted by atomic mass is 19.4. The fourth-order valence-corrected chi connectivity index (χ4v) is 4.71. The molecule has 46 heavy (non-hydrogen) atoms.